The second kappa shape index (κ2) is 6.80. The first-order valence-electron chi connectivity index (χ1n) is 7.55. The van der Waals surface area contributed by atoms with Crippen molar-refractivity contribution >= 4 is 17.5 Å². The van der Waals surface area contributed by atoms with Crippen LogP contribution >= 0.6 is 0 Å². The minimum atomic E-state index is -0.877. The molecule has 2 aromatic carbocycles. The quantitative estimate of drug-likeness (QED) is 0.941. The highest BCUT2D eigenvalue weighted by Gasteiger charge is 2.39. The van der Waals surface area contributed by atoms with E-state index < -0.39 is 23.9 Å². The van der Waals surface area contributed by atoms with Gasteiger partial charge in [-0.2, -0.15) is 0 Å². The van der Waals surface area contributed by atoms with E-state index in [2.05, 4.69) is 5.32 Å². The lowest BCUT2D eigenvalue weighted by atomic mass is 9.97. The van der Waals surface area contributed by atoms with E-state index in [1.165, 1.54) is 23.1 Å². The van der Waals surface area contributed by atoms with Gasteiger partial charge in [-0.15, -0.1) is 0 Å². The average molecular weight is 328 g/mol. The Labute approximate surface area is 139 Å². The number of ether oxygens (including phenoxy) is 1. The molecule has 0 saturated carbocycles. The number of amides is 2. The maximum atomic E-state index is 13.3. The second-order valence-corrected chi connectivity index (χ2v) is 5.59. The van der Waals surface area contributed by atoms with Crippen LogP contribution in [0, 0.1) is 5.82 Å². The van der Waals surface area contributed by atoms with Gasteiger partial charge >= 0.3 is 0 Å². The van der Waals surface area contributed by atoms with Crippen molar-refractivity contribution in [3.8, 4) is 0 Å². The van der Waals surface area contributed by atoms with Crippen LogP contribution in [0.15, 0.2) is 54.6 Å². The number of nitrogens with zero attached hydrogens (tertiary/aromatic N) is 1. The van der Waals surface area contributed by atoms with Crippen LogP contribution in [0.1, 0.15) is 11.6 Å². The van der Waals surface area contributed by atoms with Crippen molar-refractivity contribution < 1.29 is 18.7 Å². The van der Waals surface area contributed by atoms with Gasteiger partial charge < -0.3 is 15.0 Å². The summed E-state index contributed by atoms with van der Waals surface area (Å²) in [7, 11) is 1.64. The predicted molar refractivity (Wildman–Crippen MR) is 86.7 cm³/mol. The molecule has 1 fully saturated rings. The highest BCUT2D eigenvalue weighted by Crippen LogP contribution is 2.29. The molecule has 5 nitrogen and oxygen atoms in total. The SMILES string of the molecule is CN1C(=O)CO[C@@H](C(=O)Nc2cccc(F)c2)[C@H]1c1ccccc1. The highest BCUT2D eigenvalue weighted by molar-refractivity contribution is 5.96. The van der Waals surface area contributed by atoms with E-state index >= 15 is 0 Å². The van der Waals surface area contributed by atoms with E-state index in [4.69, 9.17) is 4.74 Å². The molecule has 1 N–H and O–H groups in total. The third kappa shape index (κ3) is 3.28. The molecule has 0 aliphatic carbocycles. The molecule has 1 heterocycles. The van der Waals surface area contributed by atoms with Crippen molar-refractivity contribution in [2.24, 2.45) is 0 Å². The Morgan fingerprint density at radius 3 is 2.67 bits per heavy atom. The number of hydrogen-bond acceptors (Lipinski definition) is 3. The molecular weight excluding hydrogens is 311 g/mol. The maximum absolute atomic E-state index is 13.3. The van der Waals surface area contributed by atoms with Crippen LogP contribution < -0.4 is 5.32 Å². The predicted octanol–water partition coefficient (Wildman–Crippen LogP) is 2.36. The van der Waals surface area contributed by atoms with Crippen LogP contribution in [-0.2, 0) is 14.3 Å². The summed E-state index contributed by atoms with van der Waals surface area (Å²) in [4.78, 5) is 26.1. The summed E-state index contributed by atoms with van der Waals surface area (Å²) in [5, 5.41) is 2.65. The smallest absolute Gasteiger partial charge is 0.256 e. The van der Waals surface area contributed by atoms with Crippen molar-refractivity contribution in [1.82, 2.24) is 4.90 Å². The van der Waals surface area contributed by atoms with E-state index in [1.807, 2.05) is 30.3 Å². The lowest BCUT2D eigenvalue weighted by Gasteiger charge is -2.38. The van der Waals surface area contributed by atoms with Crippen LogP contribution in [-0.4, -0.2) is 36.5 Å². The number of morpholine rings is 1. The van der Waals surface area contributed by atoms with Crippen LogP contribution in [0.2, 0.25) is 0 Å². The van der Waals surface area contributed by atoms with Crippen molar-refractivity contribution in [1.29, 1.82) is 0 Å². The third-order valence-electron chi connectivity index (χ3n) is 3.98. The largest absolute Gasteiger partial charge is 0.356 e. The summed E-state index contributed by atoms with van der Waals surface area (Å²) >= 11 is 0. The number of carbonyl (C=O) groups excluding carboxylic acids is 2. The van der Waals surface area contributed by atoms with Crippen LogP contribution in [0.25, 0.3) is 0 Å². The van der Waals surface area contributed by atoms with Crippen molar-refractivity contribution in [2.75, 3.05) is 19.0 Å². The molecule has 6 heteroatoms. The summed E-state index contributed by atoms with van der Waals surface area (Å²) in [6.07, 6.45) is -0.877. The van der Waals surface area contributed by atoms with Gasteiger partial charge in [0.25, 0.3) is 5.91 Å². The first kappa shape index (κ1) is 16.1. The summed E-state index contributed by atoms with van der Waals surface area (Å²) in [6, 6.07) is 14.3. The minimum Gasteiger partial charge on any atom is -0.356 e. The van der Waals surface area contributed by atoms with Crippen LogP contribution in [0.3, 0.4) is 0 Å². The minimum absolute atomic E-state index is 0.166. The molecule has 3 rings (SSSR count). The molecule has 2 amide bonds. The van der Waals surface area contributed by atoms with Gasteiger partial charge in [0, 0.05) is 12.7 Å². The van der Waals surface area contributed by atoms with E-state index in [9.17, 15) is 14.0 Å². The maximum Gasteiger partial charge on any atom is 0.256 e. The first-order valence-corrected chi connectivity index (χ1v) is 7.55. The van der Waals surface area contributed by atoms with Gasteiger partial charge in [0.15, 0.2) is 6.10 Å². The Hall–Kier alpha value is -2.73. The number of benzene rings is 2. The van der Waals surface area contributed by atoms with E-state index in [1.54, 1.807) is 13.1 Å². The van der Waals surface area contributed by atoms with Gasteiger partial charge in [-0.1, -0.05) is 36.4 Å². The molecule has 0 unspecified atom stereocenters. The van der Waals surface area contributed by atoms with Gasteiger partial charge in [0.05, 0.1) is 6.04 Å². The number of rotatable bonds is 3. The van der Waals surface area contributed by atoms with Gasteiger partial charge in [-0.25, -0.2) is 4.39 Å². The van der Waals surface area contributed by atoms with Crippen molar-refractivity contribution in [2.45, 2.75) is 12.1 Å². The normalized spacial score (nSPS) is 20.8. The molecule has 1 aliphatic rings. The molecule has 1 saturated heterocycles. The molecule has 0 aromatic heterocycles. The zero-order valence-corrected chi connectivity index (χ0v) is 13.1. The lowest BCUT2D eigenvalue weighted by molar-refractivity contribution is -0.160. The number of likely N-dealkylation sites (N-methyl/N-ethyl adjacent to an activating group) is 1. The van der Waals surface area contributed by atoms with Gasteiger partial charge in [-0.05, 0) is 23.8 Å². The van der Waals surface area contributed by atoms with E-state index in [0.717, 1.165) is 5.56 Å². The van der Waals surface area contributed by atoms with Gasteiger partial charge in [-0.3, -0.25) is 9.59 Å². The fraction of sp³-hybridized carbons (Fsp3) is 0.222. The van der Waals surface area contributed by atoms with Crippen molar-refractivity contribution in [3.05, 3.63) is 66.0 Å². The zero-order valence-electron chi connectivity index (χ0n) is 13.1. The van der Waals surface area contributed by atoms with Gasteiger partial charge in [0.1, 0.15) is 12.4 Å². The fourth-order valence-electron chi connectivity index (χ4n) is 2.76. The first-order chi connectivity index (χ1) is 11.6. The van der Waals surface area contributed by atoms with Crippen LogP contribution in [0.4, 0.5) is 10.1 Å². The number of nitrogens with one attached hydrogen (secondary N) is 1. The summed E-state index contributed by atoms with van der Waals surface area (Å²) in [6.45, 7) is -0.166. The van der Waals surface area contributed by atoms with Gasteiger partial charge in [0.2, 0.25) is 5.91 Å². The monoisotopic (exact) mass is 328 g/mol. The Bertz CT molecular complexity index is 751. The number of anilines is 1. The molecule has 0 radical (unpaired) electrons. The topological polar surface area (TPSA) is 58.6 Å². The molecule has 0 spiro atoms. The number of hydrogen-bond donors (Lipinski definition) is 1. The molecule has 24 heavy (non-hydrogen) atoms. The molecular formula is C18H17FN2O3. The summed E-state index contributed by atoms with van der Waals surface area (Å²) in [5.41, 5.74) is 1.14. The molecule has 1 aliphatic heterocycles. The standard InChI is InChI=1S/C18H17FN2O3/c1-21-15(22)11-24-17(16(21)12-6-3-2-4-7-12)18(23)20-14-9-5-8-13(19)10-14/h2-10,16-17H,11H2,1H3,(H,20,23)/t16-,17-/m1/s1. The number of halogens is 1. The summed E-state index contributed by atoms with van der Waals surface area (Å²) < 4.78 is 18.8. The second-order valence-electron chi connectivity index (χ2n) is 5.59. The Kier molecular flexibility index (Phi) is 4.57. The summed E-state index contributed by atoms with van der Waals surface area (Å²) in [5.74, 6) is -1.06. The van der Waals surface area contributed by atoms with Crippen molar-refractivity contribution in [3.63, 3.8) is 0 Å². The Morgan fingerprint density at radius 2 is 1.96 bits per heavy atom. The Morgan fingerprint density at radius 1 is 1.21 bits per heavy atom. The average Bonchev–Trinajstić information content (AvgIpc) is 2.58. The fourth-order valence-corrected chi connectivity index (χ4v) is 2.76. The zero-order chi connectivity index (χ0) is 17.1. The molecule has 0 bridgehead atoms. The lowest BCUT2D eigenvalue weighted by Crippen LogP contribution is -2.51. The highest BCUT2D eigenvalue weighted by atomic mass is 19.1. The molecule has 2 aromatic rings. The van der Waals surface area contributed by atoms with E-state index in [-0.39, 0.29) is 12.5 Å². The number of carbonyl (C=O) groups is 2. The van der Waals surface area contributed by atoms with Crippen LogP contribution in [0.5, 0.6) is 0 Å². The Balaban J connectivity index is 1.86. The third-order valence-corrected chi connectivity index (χ3v) is 3.98. The molecule has 124 valence electrons. The molecule has 2 atom stereocenters. The van der Waals surface area contributed by atoms with E-state index in [0.29, 0.717) is 5.69 Å².